The number of thiophene rings is 1. The number of aromatic nitrogens is 2. The SMILES string of the molecule is Cc1nc(SCC(=O)Nc2sc3c(c2C(N)=O)CCC3)c2ccccc2n1. The van der Waals surface area contributed by atoms with E-state index in [4.69, 9.17) is 5.73 Å². The van der Waals surface area contributed by atoms with Gasteiger partial charge >= 0.3 is 0 Å². The number of hydrogen-bond donors (Lipinski definition) is 2. The summed E-state index contributed by atoms with van der Waals surface area (Å²) in [6.45, 7) is 1.84. The quantitative estimate of drug-likeness (QED) is 0.507. The highest BCUT2D eigenvalue weighted by molar-refractivity contribution is 8.00. The van der Waals surface area contributed by atoms with Crippen molar-refractivity contribution in [2.45, 2.75) is 31.2 Å². The minimum absolute atomic E-state index is 0.178. The average Bonchev–Trinajstić information content (AvgIpc) is 3.19. The molecular weight excluding hydrogens is 380 g/mol. The van der Waals surface area contributed by atoms with Crippen LogP contribution in [0, 0.1) is 6.92 Å². The standard InChI is InChI=1S/C19H18N4O2S2/c1-10-21-13-7-3-2-5-11(13)18(22-10)26-9-15(24)23-19-16(17(20)25)12-6-4-8-14(12)27-19/h2-3,5,7H,4,6,8-9H2,1H3,(H2,20,25)(H,23,24). The third kappa shape index (κ3) is 3.54. The van der Waals surface area contributed by atoms with Crippen molar-refractivity contribution in [3.05, 3.63) is 46.1 Å². The first-order valence-corrected chi connectivity index (χ1v) is 10.4. The van der Waals surface area contributed by atoms with E-state index < -0.39 is 5.91 Å². The van der Waals surface area contributed by atoms with Crippen LogP contribution in [0.1, 0.15) is 33.0 Å². The van der Waals surface area contributed by atoms with Crippen LogP contribution in [0.15, 0.2) is 29.3 Å². The molecule has 3 aromatic rings. The van der Waals surface area contributed by atoms with E-state index in [1.165, 1.54) is 23.1 Å². The molecule has 27 heavy (non-hydrogen) atoms. The summed E-state index contributed by atoms with van der Waals surface area (Å²) in [5, 5.41) is 5.14. The van der Waals surface area contributed by atoms with Crippen LogP contribution in [-0.2, 0) is 17.6 Å². The number of benzene rings is 1. The van der Waals surface area contributed by atoms with Crippen molar-refractivity contribution < 1.29 is 9.59 Å². The van der Waals surface area contributed by atoms with Crippen LogP contribution in [0.5, 0.6) is 0 Å². The highest BCUT2D eigenvalue weighted by Gasteiger charge is 2.26. The van der Waals surface area contributed by atoms with E-state index in [1.54, 1.807) is 0 Å². The summed E-state index contributed by atoms with van der Waals surface area (Å²) in [6, 6.07) is 7.74. The first kappa shape index (κ1) is 17.9. The number of nitrogens with two attached hydrogens (primary N) is 1. The van der Waals surface area contributed by atoms with E-state index in [0.29, 0.717) is 16.4 Å². The van der Waals surface area contributed by atoms with E-state index in [2.05, 4.69) is 15.3 Å². The van der Waals surface area contributed by atoms with Gasteiger partial charge in [0.05, 0.1) is 16.8 Å². The van der Waals surface area contributed by atoms with E-state index >= 15 is 0 Å². The van der Waals surface area contributed by atoms with Crippen LogP contribution < -0.4 is 11.1 Å². The lowest BCUT2D eigenvalue weighted by Gasteiger charge is -2.08. The molecule has 1 aliphatic carbocycles. The minimum Gasteiger partial charge on any atom is -0.365 e. The summed E-state index contributed by atoms with van der Waals surface area (Å²) in [7, 11) is 0. The molecule has 0 spiro atoms. The lowest BCUT2D eigenvalue weighted by Crippen LogP contribution is -2.19. The fourth-order valence-electron chi connectivity index (χ4n) is 3.32. The second-order valence-corrected chi connectivity index (χ2v) is 8.42. The number of primary amides is 1. The van der Waals surface area contributed by atoms with Crippen molar-refractivity contribution in [2.24, 2.45) is 5.73 Å². The Kier molecular flexibility index (Phi) is 4.84. The van der Waals surface area contributed by atoms with Crippen LogP contribution in [-0.4, -0.2) is 27.5 Å². The maximum absolute atomic E-state index is 12.5. The number of carbonyl (C=O) groups is 2. The molecule has 1 aromatic carbocycles. The molecule has 2 aromatic heterocycles. The van der Waals surface area contributed by atoms with Gasteiger partial charge in [0, 0.05) is 10.3 Å². The molecule has 0 fully saturated rings. The molecule has 2 heterocycles. The van der Waals surface area contributed by atoms with Gasteiger partial charge in [-0.15, -0.1) is 11.3 Å². The van der Waals surface area contributed by atoms with Crippen LogP contribution >= 0.6 is 23.1 Å². The highest BCUT2D eigenvalue weighted by Crippen LogP contribution is 2.39. The molecule has 3 N–H and O–H groups in total. The zero-order chi connectivity index (χ0) is 19.0. The second kappa shape index (κ2) is 7.28. The van der Waals surface area contributed by atoms with Gasteiger partial charge in [-0.3, -0.25) is 9.59 Å². The monoisotopic (exact) mass is 398 g/mol. The van der Waals surface area contributed by atoms with E-state index in [1.807, 2.05) is 31.2 Å². The van der Waals surface area contributed by atoms with Crippen molar-refractivity contribution in [1.82, 2.24) is 9.97 Å². The fraction of sp³-hybridized carbons (Fsp3) is 0.263. The molecular formula is C19H18N4O2S2. The Morgan fingerprint density at radius 1 is 1.26 bits per heavy atom. The molecule has 6 nitrogen and oxygen atoms in total. The first-order valence-electron chi connectivity index (χ1n) is 8.63. The van der Waals surface area contributed by atoms with Crippen LogP contribution in [0.2, 0.25) is 0 Å². The molecule has 0 aliphatic heterocycles. The summed E-state index contributed by atoms with van der Waals surface area (Å²) in [5.41, 5.74) is 7.89. The Morgan fingerprint density at radius 2 is 2.07 bits per heavy atom. The number of carbonyl (C=O) groups excluding carboxylic acids is 2. The zero-order valence-electron chi connectivity index (χ0n) is 14.7. The van der Waals surface area contributed by atoms with E-state index in [-0.39, 0.29) is 11.7 Å². The molecule has 0 saturated heterocycles. The van der Waals surface area contributed by atoms with Crippen LogP contribution in [0.25, 0.3) is 10.9 Å². The molecule has 2 amide bonds. The first-order chi connectivity index (χ1) is 13.0. The normalized spacial score (nSPS) is 12.9. The van der Waals surface area contributed by atoms with Gasteiger partial charge in [0.1, 0.15) is 15.9 Å². The summed E-state index contributed by atoms with van der Waals surface area (Å²) < 4.78 is 0. The van der Waals surface area contributed by atoms with Crippen molar-refractivity contribution in [3.8, 4) is 0 Å². The summed E-state index contributed by atoms with van der Waals surface area (Å²) in [6.07, 6.45) is 2.82. The van der Waals surface area contributed by atoms with Gasteiger partial charge in [-0.05, 0) is 37.8 Å². The second-order valence-electron chi connectivity index (χ2n) is 6.36. The van der Waals surface area contributed by atoms with Gasteiger partial charge in [-0.1, -0.05) is 30.0 Å². The summed E-state index contributed by atoms with van der Waals surface area (Å²) in [4.78, 5) is 34.4. The number of anilines is 1. The highest BCUT2D eigenvalue weighted by atomic mass is 32.2. The number of nitrogens with zero attached hydrogens (tertiary/aromatic N) is 2. The Balaban J connectivity index is 1.51. The Bertz CT molecular complexity index is 1060. The lowest BCUT2D eigenvalue weighted by molar-refractivity contribution is -0.113. The van der Waals surface area contributed by atoms with Crippen molar-refractivity contribution >= 4 is 50.8 Å². The third-order valence-electron chi connectivity index (χ3n) is 4.44. The van der Waals surface area contributed by atoms with Gasteiger partial charge in [-0.2, -0.15) is 0 Å². The summed E-state index contributed by atoms with van der Waals surface area (Å²) >= 11 is 2.83. The number of fused-ring (bicyclic) bond motifs is 2. The van der Waals surface area contributed by atoms with Gasteiger partial charge in [0.2, 0.25) is 5.91 Å². The molecule has 0 radical (unpaired) electrons. The summed E-state index contributed by atoms with van der Waals surface area (Å²) in [5.74, 6) is 0.209. The molecule has 1 aliphatic rings. The molecule has 0 bridgehead atoms. The smallest absolute Gasteiger partial charge is 0.251 e. The molecule has 0 unspecified atom stereocenters. The zero-order valence-corrected chi connectivity index (χ0v) is 16.4. The van der Waals surface area contributed by atoms with Crippen molar-refractivity contribution in [1.29, 1.82) is 0 Å². The number of rotatable bonds is 5. The Hall–Kier alpha value is -2.45. The van der Waals surface area contributed by atoms with E-state index in [0.717, 1.165) is 45.6 Å². The molecule has 138 valence electrons. The number of para-hydroxylation sites is 1. The maximum Gasteiger partial charge on any atom is 0.251 e. The fourth-order valence-corrected chi connectivity index (χ4v) is 5.49. The molecule has 4 rings (SSSR count). The third-order valence-corrected chi connectivity index (χ3v) is 6.64. The van der Waals surface area contributed by atoms with Gasteiger partial charge < -0.3 is 11.1 Å². The predicted molar refractivity (Wildman–Crippen MR) is 108 cm³/mol. The predicted octanol–water partition coefficient (Wildman–Crippen LogP) is 3.32. The number of aryl methyl sites for hydroxylation is 2. The number of nitrogens with one attached hydrogen (secondary N) is 1. The number of hydrogen-bond acceptors (Lipinski definition) is 6. The minimum atomic E-state index is -0.477. The number of amides is 2. The average molecular weight is 399 g/mol. The maximum atomic E-state index is 12.5. The molecule has 0 atom stereocenters. The van der Waals surface area contributed by atoms with Crippen LogP contribution in [0.3, 0.4) is 0 Å². The Labute approximate surface area is 164 Å². The van der Waals surface area contributed by atoms with Crippen molar-refractivity contribution in [2.75, 3.05) is 11.1 Å². The molecule has 8 heteroatoms. The van der Waals surface area contributed by atoms with Gasteiger partial charge in [-0.25, -0.2) is 9.97 Å². The largest absolute Gasteiger partial charge is 0.365 e. The van der Waals surface area contributed by atoms with Gasteiger partial charge in [0.25, 0.3) is 5.91 Å². The molecule has 0 saturated carbocycles. The topological polar surface area (TPSA) is 98.0 Å². The lowest BCUT2D eigenvalue weighted by atomic mass is 10.1. The van der Waals surface area contributed by atoms with Crippen LogP contribution in [0.4, 0.5) is 5.00 Å². The van der Waals surface area contributed by atoms with Gasteiger partial charge in [0.15, 0.2) is 0 Å². The van der Waals surface area contributed by atoms with E-state index in [9.17, 15) is 9.59 Å². The number of thioether (sulfide) groups is 1. The van der Waals surface area contributed by atoms with Crippen molar-refractivity contribution in [3.63, 3.8) is 0 Å². The Morgan fingerprint density at radius 3 is 2.89 bits per heavy atom.